The molecule has 0 fully saturated rings. The lowest BCUT2D eigenvalue weighted by Gasteiger charge is -2.13. The molecule has 0 aliphatic carbocycles. The molecule has 0 N–H and O–H groups in total. The van der Waals surface area contributed by atoms with Crippen molar-refractivity contribution in [2.75, 3.05) is 7.11 Å². The molecule has 1 aromatic rings. The first kappa shape index (κ1) is 12.3. The Morgan fingerprint density at radius 2 is 2.25 bits per heavy atom. The maximum absolute atomic E-state index is 11.1. The van der Waals surface area contributed by atoms with Crippen molar-refractivity contribution in [1.29, 1.82) is 5.26 Å². The highest BCUT2D eigenvalue weighted by molar-refractivity contribution is 6.30. The summed E-state index contributed by atoms with van der Waals surface area (Å²) in [5.74, 6) is -0.239. The summed E-state index contributed by atoms with van der Waals surface area (Å²) in [6.45, 7) is 1.54. The first-order valence-corrected chi connectivity index (χ1v) is 4.90. The predicted molar refractivity (Wildman–Crippen MR) is 58.3 cm³/mol. The van der Waals surface area contributed by atoms with Crippen molar-refractivity contribution in [2.45, 2.75) is 13.0 Å². The fourth-order valence-corrected chi connectivity index (χ4v) is 1.25. The highest BCUT2D eigenvalue weighted by Crippen LogP contribution is 2.23. The number of methoxy groups -OCH3 is 1. The largest absolute Gasteiger partial charge is 0.478 e. The van der Waals surface area contributed by atoms with Crippen molar-refractivity contribution in [2.24, 2.45) is 0 Å². The number of carbonyl (C=O) groups excluding carboxylic acids is 1. The minimum Gasteiger partial charge on any atom is -0.478 e. The summed E-state index contributed by atoms with van der Waals surface area (Å²) in [7, 11) is 1.27. The molecule has 0 aromatic heterocycles. The van der Waals surface area contributed by atoms with Gasteiger partial charge in [-0.1, -0.05) is 11.6 Å². The molecule has 0 aliphatic heterocycles. The van der Waals surface area contributed by atoms with Crippen LogP contribution in [0.5, 0.6) is 5.75 Å². The average molecular weight is 240 g/mol. The Morgan fingerprint density at radius 3 is 2.81 bits per heavy atom. The Labute approximate surface area is 98.3 Å². The fourth-order valence-electron chi connectivity index (χ4n) is 1.09. The van der Waals surface area contributed by atoms with Crippen molar-refractivity contribution in [1.82, 2.24) is 0 Å². The molecule has 0 bridgehead atoms. The molecule has 0 aliphatic rings. The summed E-state index contributed by atoms with van der Waals surface area (Å²) in [6.07, 6.45) is -0.782. The number of rotatable bonds is 3. The van der Waals surface area contributed by atoms with Crippen LogP contribution in [0.3, 0.4) is 0 Å². The van der Waals surface area contributed by atoms with Gasteiger partial charge in [0.2, 0.25) is 0 Å². The first-order chi connectivity index (χ1) is 7.58. The van der Waals surface area contributed by atoms with Crippen molar-refractivity contribution >= 4 is 17.6 Å². The number of hydrogen-bond acceptors (Lipinski definition) is 4. The number of esters is 1. The standard InChI is InChI=1S/C11H10ClNO3/c1-7(11(14)15-2)16-10-5-9(12)4-3-8(10)6-13/h3-5,7H,1-2H3/t7-/m0/s1. The Morgan fingerprint density at radius 1 is 1.56 bits per heavy atom. The second kappa shape index (κ2) is 5.38. The van der Waals surface area contributed by atoms with Crippen LogP contribution in [-0.4, -0.2) is 19.2 Å². The lowest BCUT2D eigenvalue weighted by Crippen LogP contribution is -2.25. The van der Waals surface area contributed by atoms with Gasteiger partial charge in [-0.15, -0.1) is 0 Å². The van der Waals surface area contributed by atoms with Gasteiger partial charge in [-0.2, -0.15) is 5.26 Å². The van der Waals surface area contributed by atoms with E-state index in [1.54, 1.807) is 6.07 Å². The Hall–Kier alpha value is -1.73. The molecule has 1 aromatic carbocycles. The average Bonchev–Trinajstić information content (AvgIpc) is 2.28. The molecule has 0 heterocycles. The SMILES string of the molecule is COC(=O)[C@H](C)Oc1cc(Cl)ccc1C#N. The molecule has 0 spiro atoms. The van der Waals surface area contributed by atoms with Crippen molar-refractivity contribution < 1.29 is 14.3 Å². The molecular formula is C11H10ClNO3. The van der Waals surface area contributed by atoms with E-state index < -0.39 is 12.1 Å². The summed E-state index contributed by atoms with van der Waals surface area (Å²) in [5, 5.41) is 9.26. The lowest BCUT2D eigenvalue weighted by atomic mass is 10.2. The third kappa shape index (κ3) is 2.88. The van der Waals surface area contributed by atoms with Crippen molar-refractivity contribution in [3.8, 4) is 11.8 Å². The molecule has 1 atom stereocenters. The van der Waals surface area contributed by atoms with E-state index >= 15 is 0 Å². The summed E-state index contributed by atoms with van der Waals surface area (Å²) < 4.78 is 9.80. The summed E-state index contributed by atoms with van der Waals surface area (Å²) in [6, 6.07) is 6.54. The van der Waals surface area contributed by atoms with Crippen LogP contribution in [0.4, 0.5) is 0 Å². The van der Waals surface area contributed by atoms with Gasteiger partial charge in [-0.05, 0) is 19.1 Å². The zero-order chi connectivity index (χ0) is 12.1. The first-order valence-electron chi connectivity index (χ1n) is 4.52. The Balaban J connectivity index is 2.92. The number of carbonyl (C=O) groups is 1. The highest BCUT2D eigenvalue weighted by atomic mass is 35.5. The van der Waals surface area contributed by atoms with Gasteiger partial charge < -0.3 is 9.47 Å². The quantitative estimate of drug-likeness (QED) is 0.759. The second-order valence-corrected chi connectivity index (χ2v) is 3.47. The Bertz CT molecular complexity index is 439. The maximum Gasteiger partial charge on any atom is 0.346 e. The molecule has 0 radical (unpaired) electrons. The normalized spacial score (nSPS) is 11.4. The van der Waals surface area contributed by atoms with Gasteiger partial charge in [0, 0.05) is 11.1 Å². The van der Waals surface area contributed by atoms with Gasteiger partial charge in [0.05, 0.1) is 12.7 Å². The van der Waals surface area contributed by atoms with Gasteiger partial charge in [-0.25, -0.2) is 4.79 Å². The minimum atomic E-state index is -0.782. The molecule has 5 heteroatoms. The molecule has 4 nitrogen and oxygen atoms in total. The van der Waals surface area contributed by atoms with E-state index in [-0.39, 0.29) is 5.75 Å². The maximum atomic E-state index is 11.1. The smallest absolute Gasteiger partial charge is 0.346 e. The number of ether oxygens (including phenoxy) is 2. The number of benzene rings is 1. The van der Waals surface area contributed by atoms with Gasteiger partial charge in [0.25, 0.3) is 0 Å². The molecule has 0 unspecified atom stereocenters. The lowest BCUT2D eigenvalue weighted by molar-refractivity contribution is -0.147. The van der Waals surface area contributed by atoms with Crippen molar-refractivity contribution in [3.63, 3.8) is 0 Å². The highest BCUT2D eigenvalue weighted by Gasteiger charge is 2.16. The van der Waals surface area contributed by atoms with Crippen LogP contribution in [0, 0.1) is 11.3 Å². The van der Waals surface area contributed by atoms with E-state index in [4.69, 9.17) is 21.6 Å². The monoisotopic (exact) mass is 239 g/mol. The summed E-state index contributed by atoms with van der Waals surface area (Å²) in [5.41, 5.74) is 0.320. The zero-order valence-electron chi connectivity index (χ0n) is 8.86. The molecule has 84 valence electrons. The molecular weight excluding hydrogens is 230 g/mol. The van der Waals surface area contributed by atoms with Crippen LogP contribution < -0.4 is 4.74 Å². The summed E-state index contributed by atoms with van der Waals surface area (Å²) >= 11 is 5.77. The number of hydrogen-bond donors (Lipinski definition) is 0. The zero-order valence-corrected chi connectivity index (χ0v) is 9.62. The third-order valence-electron chi connectivity index (χ3n) is 1.90. The van der Waals surface area contributed by atoms with Crippen LogP contribution in [0.15, 0.2) is 18.2 Å². The van der Waals surface area contributed by atoms with Gasteiger partial charge >= 0.3 is 5.97 Å². The van der Waals surface area contributed by atoms with E-state index in [2.05, 4.69) is 4.74 Å². The number of nitriles is 1. The van der Waals surface area contributed by atoms with E-state index in [1.807, 2.05) is 6.07 Å². The molecule has 0 saturated heterocycles. The van der Waals surface area contributed by atoms with Crippen LogP contribution in [0.2, 0.25) is 5.02 Å². The topological polar surface area (TPSA) is 59.3 Å². The minimum absolute atomic E-state index is 0.271. The van der Waals surface area contributed by atoms with Gasteiger partial charge in [0.1, 0.15) is 11.8 Å². The fraction of sp³-hybridized carbons (Fsp3) is 0.273. The molecule has 0 saturated carbocycles. The van der Waals surface area contributed by atoms with E-state index in [0.29, 0.717) is 10.6 Å². The number of halogens is 1. The third-order valence-corrected chi connectivity index (χ3v) is 2.14. The van der Waals surface area contributed by atoms with Crippen LogP contribution in [0.1, 0.15) is 12.5 Å². The molecule has 0 amide bonds. The second-order valence-electron chi connectivity index (χ2n) is 3.04. The van der Waals surface area contributed by atoms with E-state index in [1.165, 1.54) is 26.2 Å². The van der Waals surface area contributed by atoms with Crippen LogP contribution in [0.25, 0.3) is 0 Å². The van der Waals surface area contributed by atoms with E-state index in [0.717, 1.165) is 0 Å². The van der Waals surface area contributed by atoms with Crippen LogP contribution in [-0.2, 0) is 9.53 Å². The van der Waals surface area contributed by atoms with Crippen LogP contribution >= 0.6 is 11.6 Å². The molecule has 1 rings (SSSR count). The van der Waals surface area contributed by atoms with E-state index in [9.17, 15) is 4.79 Å². The van der Waals surface area contributed by atoms with Crippen molar-refractivity contribution in [3.05, 3.63) is 28.8 Å². The van der Waals surface area contributed by atoms with Gasteiger partial charge in [-0.3, -0.25) is 0 Å². The van der Waals surface area contributed by atoms with Gasteiger partial charge in [0.15, 0.2) is 6.10 Å². The predicted octanol–water partition coefficient (Wildman–Crippen LogP) is 2.15. The number of nitrogens with zero attached hydrogens (tertiary/aromatic N) is 1. The molecule has 16 heavy (non-hydrogen) atoms. The Kier molecular flexibility index (Phi) is 4.15. The summed E-state index contributed by atoms with van der Waals surface area (Å²) in [4.78, 5) is 11.1.